The zero-order valence-electron chi connectivity index (χ0n) is 22.8. The number of rotatable bonds is 10. The molecular formula is C28H39F2N7O2. The van der Waals surface area contributed by atoms with E-state index in [2.05, 4.69) is 27.1 Å². The molecule has 0 amide bonds. The van der Waals surface area contributed by atoms with Crippen LogP contribution in [-0.4, -0.2) is 88.1 Å². The molecule has 1 saturated carbocycles. The van der Waals surface area contributed by atoms with Gasteiger partial charge in [-0.1, -0.05) is 12.1 Å². The number of aromatic nitrogens is 4. The molecule has 2 fully saturated rings. The van der Waals surface area contributed by atoms with Crippen molar-refractivity contribution in [3.63, 3.8) is 0 Å². The summed E-state index contributed by atoms with van der Waals surface area (Å²) in [6.45, 7) is 5.99. The molecule has 5 rings (SSSR count). The Balaban J connectivity index is 1.35. The van der Waals surface area contributed by atoms with Crippen LogP contribution in [0.25, 0.3) is 16.9 Å². The van der Waals surface area contributed by atoms with E-state index in [1.165, 1.54) is 4.57 Å². The van der Waals surface area contributed by atoms with Gasteiger partial charge in [-0.05, 0) is 64.1 Å². The van der Waals surface area contributed by atoms with Crippen LogP contribution in [0.3, 0.4) is 0 Å². The summed E-state index contributed by atoms with van der Waals surface area (Å²) >= 11 is 0. The lowest BCUT2D eigenvalue weighted by molar-refractivity contribution is 0.122. The molecule has 0 spiro atoms. The van der Waals surface area contributed by atoms with Crippen LogP contribution in [-0.2, 0) is 4.74 Å². The average molecular weight is 544 g/mol. The quantitative estimate of drug-likeness (QED) is 0.392. The lowest BCUT2D eigenvalue weighted by atomic mass is 9.85. The Kier molecular flexibility index (Phi) is 8.89. The molecule has 1 aromatic carbocycles. The standard InChI is InChI=1S/C28H39F2N7O2/c1-19(38)11-12-35(2)21-9-7-20(8-10-21)18-31-28-33-24(36-13-15-39-16-14-36)17-25(34-28)37-23-6-4-3-5-22(23)32-27(37)26(29)30/h3-6,17,19-21,26,38H,7-16,18H2,1-2H3,(H,31,33,34)/t19?,20-,21-. The molecule has 3 aromatic rings. The van der Waals surface area contributed by atoms with Gasteiger partial charge in [0, 0.05) is 38.3 Å². The summed E-state index contributed by atoms with van der Waals surface area (Å²) in [4.78, 5) is 18.2. The Hall–Kier alpha value is -2.89. The second kappa shape index (κ2) is 12.5. The predicted molar refractivity (Wildman–Crippen MR) is 148 cm³/mol. The number of halogens is 2. The van der Waals surface area contributed by atoms with Crippen LogP contribution in [0.5, 0.6) is 0 Å². The van der Waals surface area contributed by atoms with Crippen molar-refractivity contribution in [3.05, 3.63) is 36.2 Å². The van der Waals surface area contributed by atoms with Gasteiger partial charge >= 0.3 is 0 Å². The van der Waals surface area contributed by atoms with Gasteiger partial charge in [-0.25, -0.2) is 13.8 Å². The monoisotopic (exact) mass is 543 g/mol. The first-order valence-electron chi connectivity index (χ1n) is 14.0. The molecule has 2 aromatic heterocycles. The molecule has 1 saturated heterocycles. The van der Waals surface area contributed by atoms with Gasteiger partial charge < -0.3 is 25.0 Å². The van der Waals surface area contributed by atoms with Crippen LogP contribution in [0.2, 0.25) is 0 Å². The van der Waals surface area contributed by atoms with Crippen molar-refractivity contribution in [1.29, 1.82) is 0 Å². The van der Waals surface area contributed by atoms with E-state index in [1.807, 2.05) is 13.0 Å². The molecule has 2 N–H and O–H groups in total. The molecular weight excluding hydrogens is 504 g/mol. The molecule has 1 unspecified atom stereocenters. The minimum Gasteiger partial charge on any atom is -0.393 e. The van der Waals surface area contributed by atoms with Crippen molar-refractivity contribution in [3.8, 4) is 5.82 Å². The SMILES string of the molecule is CC(O)CCN(C)[C@H]1CC[C@H](CNc2nc(N3CCOCC3)cc(-n3c(C(F)F)nc4ccccc43)n2)CC1. The predicted octanol–water partition coefficient (Wildman–Crippen LogP) is 4.26. The Morgan fingerprint density at radius 2 is 1.79 bits per heavy atom. The number of benzene rings is 1. The summed E-state index contributed by atoms with van der Waals surface area (Å²) in [7, 11) is 2.14. The van der Waals surface area contributed by atoms with Crippen molar-refractivity contribution in [2.24, 2.45) is 5.92 Å². The fourth-order valence-electron chi connectivity index (χ4n) is 5.60. The molecule has 0 radical (unpaired) electrons. The Morgan fingerprint density at radius 1 is 1.08 bits per heavy atom. The number of alkyl halides is 2. The zero-order chi connectivity index (χ0) is 27.4. The highest BCUT2D eigenvalue weighted by molar-refractivity contribution is 5.78. The third-order valence-corrected chi connectivity index (χ3v) is 7.93. The fraction of sp³-hybridized carbons (Fsp3) is 0.607. The van der Waals surface area contributed by atoms with E-state index in [-0.39, 0.29) is 11.9 Å². The molecule has 2 aliphatic rings. The van der Waals surface area contributed by atoms with Crippen LogP contribution in [0.1, 0.15) is 51.3 Å². The molecule has 3 heterocycles. The minimum atomic E-state index is -2.75. The van der Waals surface area contributed by atoms with E-state index < -0.39 is 6.43 Å². The normalized spacial score (nSPS) is 21.2. The van der Waals surface area contributed by atoms with E-state index in [4.69, 9.17) is 14.7 Å². The number of hydrogen-bond acceptors (Lipinski definition) is 8. The molecule has 11 heteroatoms. The molecule has 1 aliphatic carbocycles. The van der Waals surface area contributed by atoms with Gasteiger partial charge in [0.15, 0.2) is 5.82 Å². The van der Waals surface area contributed by atoms with Crippen LogP contribution < -0.4 is 10.2 Å². The number of nitrogens with zero attached hydrogens (tertiary/aromatic N) is 6. The first kappa shape index (κ1) is 27.7. The third-order valence-electron chi connectivity index (χ3n) is 7.93. The number of anilines is 2. The first-order chi connectivity index (χ1) is 18.9. The molecule has 9 nitrogen and oxygen atoms in total. The van der Waals surface area contributed by atoms with Gasteiger partial charge in [-0.2, -0.15) is 9.97 Å². The van der Waals surface area contributed by atoms with E-state index in [0.717, 1.165) is 45.2 Å². The number of para-hydroxylation sites is 2. The summed E-state index contributed by atoms with van der Waals surface area (Å²) in [5, 5.41) is 13.0. The number of morpholine rings is 1. The minimum absolute atomic E-state index is 0.275. The van der Waals surface area contributed by atoms with E-state index in [1.54, 1.807) is 24.3 Å². The number of imidazole rings is 1. The summed E-state index contributed by atoms with van der Waals surface area (Å²) in [6, 6.07) is 9.44. The van der Waals surface area contributed by atoms with Crippen LogP contribution in [0.4, 0.5) is 20.5 Å². The number of hydrogen-bond donors (Lipinski definition) is 2. The number of ether oxygens (including phenoxy) is 1. The van der Waals surface area contributed by atoms with E-state index >= 15 is 0 Å². The summed E-state index contributed by atoms with van der Waals surface area (Å²) in [6.07, 6.45) is 2.18. The Morgan fingerprint density at radius 3 is 2.51 bits per heavy atom. The first-order valence-corrected chi connectivity index (χ1v) is 14.0. The highest BCUT2D eigenvalue weighted by Gasteiger charge is 2.26. The molecule has 212 valence electrons. The van der Waals surface area contributed by atoms with E-state index in [0.29, 0.717) is 66.9 Å². The maximum Gasteiger partial charge on any atom is 0.296 e. The molecule has 1 aliphatic heterocycles. The van der Waals surface area contributed by atoms with Gasteiger partial charge in [-0.15, -0.1) is 0 Å². The van der Waals surface area contributed by atoms with Crippen molar-refractivity contribution in [1.82, 2.24) is 24.4 Å². The highest BCUT2D eigenvalue weighted by atomic mass is 19.3. The maximum absolute atomic E-state index is 14.1. The lowest BCUT2D eigenvalue weighted by Gasteiger charge is -2.35. The summed E-state index contributed by atoms with van der Waals surface area (Å²) < 4.78 is 35.1. The van der Waals surface area contributed by atoms with Crippen LogP contribution >= 0.6 is 0 Å². The van der Waals surface area contributed by atoms with Crippen LogP contribution in [0, 0.1) is 5.92 Å². The fourth-order valence-corrected chi connectivity index (χ4v) is 5.60. The maximum atomic E-state index is 14.1. The zero-order valence-corrected chi connectivity index (χ0v) is 22.8. The van der Waals surface area contributed by atoms with Gasteiger partial charge in [0.25, 0.3) is 6.43 Å². The van der Waals surface area contributed by atoms with Crippen molar-refractivity contribution in [2.45, 2.75) is 57.6 Å². The van der Waals surface area contributed by atoms with Gasteiger partial charge in [0.2, 0.25) is 5.95 Å². The highest BCUT2D eigenvalue weighted by Crippen LogP contribution is 2.30. The van der Waals surface area contributed by atoms with Gasteiger partial charge in [0.05, 0.1) is 30.4 Å². The molecule has 39 heavy (non-hydrogen) atoms. The number of fused-ring (bicyclic) bond motifs is 1. The number of aliphatic hydroxyl groups is 1. The second-order valence-electron chi connectivity index (χ2n) is 10.8. The van der Waals surface area contributed by atoms with Gasteiger partial charge in [0.1, 0.15) is 11.6 Å². The second-order valence-corrected chi connectivity index (χ2v) is 10.8. The number of aliphatic hydroxyl groups excluding tert-OH is 1. The van der Waals surface area contributed by atoms with Crippen molar-refractivity contribution >= 4 is 22.8 Å². The summed E-state index contributed by atoms with van der Waals surface area (Å²) in [5.74, 6) is 1.65. The molecule has 1 atom stereocenters. The Labute approximate surface area is 228 Å². The smallest absolute Gasteiger partial charge is 0.296 e. The van der Waals surface area contributed by atoms with E-state index in [9.17, 15) is 13.9 Å². The average Bonchev–Trinajstić information content (AvgIpc) is 3.36. The van der Waals surface area contributed by atoms with Crippen LogP contribution in [0.15, 0.2) is 30.3 Å². The van der Waals surface area contributed by atoms with Crippen molar-refractivity contribution < 1.29 is 18.6 Å². The lowest BCUT2D eigenvalue weighted by Crippen LogP contribution is -2.38. The largest absolute Gasteiger partial charge is 0.393 e. The third kappa shape index (κ3) is 6.64. The number of nitrogens with one attached hydrogen (secondary N) is 1. The Bertz CT molecular complexity index is 1220. The molecule has 0 bridgehead atoms. The summed E-state index contributed by atoms with van der Waals surface area (Å²) in [5.41, 5.74) is 1.09. The van der Waals surface area contributed by atoms with Gasteiger partial charge in [-0.3, -0.25) is 4.57 Å². The topological polar surface area (TPSA) is 91.6 Å². The van der Waals surface area contributed by atoms with Crippen molar-refractivity contribution in [2.75, 3.05) is 56.7 Å².